The Morgan fingerprint density at radius 3 is 2.88 bits per heavy atom. The number of hydrogen-bond donors (Lipinski definition) is 0. The molecule has 3 heteroatoms. The van der Waals surface area contributed by atoms with Gasteiger partial charge in [-0.15, -0.1) is 0 Å². The van der Waals surface area contributed by atoms with Crippen molar-refractivity contribution >= 4 is 0 Å². The summed E-state index contributed by atoms with van der Waals surface area (Å²) >= 11 is 0. The smallest absolute Gasteiger partial charge is 0.0702 e. The zero-order chi connectivity index (χ0) is 10.8. The molecule has 16 heavy (non-hydrogen) atoms. The van der Waals surface area contributed by atoms with E-state index in [1.54, 1.807) is 0 Å². The Bertz CT molecular complexity index is 228. The van der Waals surface area contributed by atoms with E-state index in [-0.39, 0.29) is 0 Å². The molecule has 0 aromatic rings. The number of hydrogen-bond acceptors (Lipinski definition) is 3. The highest BCUT2D eigenvalue weighted by Crippen LogP contribution is 2.22. The summed E-state index contributed by atoms with van der Waals surface area (Å²) in [5.74, 6) is 0. The van der Waals surface area contributed by atoms with Gasteiger partial charge in [-0.05, 0) is 38.6 Å². The van der Waals surface area contributed by atoms with Crippen molar-refractivity contribution in [3.05, 3.63) is 0 Å². The lowest BCUT2D eigenvalue weighted by atomic mass is 10.1. The maximum absolute atomic E-state index is 5.84. The lowest BCUT2D eigenvalue weighted by molar-refractivity contribution is -0.0183. The van der Waals surface area contributed by atoms with Gasteiger partial charge >= 0.3 is 0 Å². The molecule has 3 rings (SSSR count). The zero-order valence-corrected chi connectivity index (χ0v) is 10.2. The third kappa shape index (κ3) is 2.41. The first-order valence-electron chi connectivity index (χ1n) is 7.00. The number of piperazine rings is 1. The molecule has 3 nitrogen and oxygen atoms in total. The van der Waals surface area contributed by atoms with Crippen LogP contribution in [0.5, 0.6) is 0 Å². The van der Waals surface area contributed by atoms with E-state index in [0.717, 1.165) is 12.6 Å². The standard InChI is InChI=1S/C13H24N2O/c1-2-9-16-13(5-1)11-14-7-8-15-6-3-4-12(15)10-14/h12-13H,1-11H2. The first-order valence-corrected chi connectivity index (χ1v) is 7.00. The van der Waals surface area contributed by atoms with Gasteiger partial charge < -0.3 is 4.74 Å². The second-order valence-electron chi connectivity index (χ2n) is 5.58. The summed E-state index contributed by atoms with van der Waals surface area (Å²) in [6, 6.07) is 0.859. The summed E-state index contributed by atoms with van der Waals surface area (Å²) in [7, 11) is 0. The third-order valence-corrected chi connectivity index (χ3v) is 4.41. The van der Waals surface area contributed by atoms with Gasteiger partial charge in [0.05, 0.1) is 6.10 Å². The van der Waals surface area contributed by atoms with Gasteiger partial charge in [0.25, 0.3) is 0 Å². The second-order valence-corrected chi connectivity index (χ2v) is 5.58. The number of fused-ring (bicyclic) bond motifs is 1. The van der Waals surface area contributed by atoms with Crippen LogP contribution in [0, 0.1) is 0 Å². The van der Waals surface area contributed by atoms with Crippen molar-refractivity contribution in [2.75, 3.05) is 39.3 Å². The van der Waals surface area contributed by atoms with Crippen molar-refractivity contribution in [2.45, 2.75) is 44.2 Å². The van der Waals surface area contributed by atoms with Crippen molar-refractivity contribution in [3.63, 3.8) is 0 Å². The SMILES string of the molecule is C1CCC(CN2CCN3CCCC3C2)OC1. The molecule has 0 saturated carbocycles. The summed E-state index contributed by atoms with van der Waals surface area (Å²) in [6.07, 6.45) is 7.29. The van der Waals surface area contributed by atoms with Crippen molar-refractivity contribution in [1.29, 1.82) is 0 Å². The Balaban J connectivity index is 1.48. The van der Waals surface area contributed by atoms with Crippen LogP contribution in [0.3, 0.4) is 0 Å². The topological polar surface area (TPSA) is 15.7 Å². The van der Waals surface area contributed by atoms with Crippen LogP contribution in [-0.2, 0) is 4.74 Å². The van der Waals surface area contributed by atoms with E-state index in [2.05, 4.69) is 9.80 Å². The summed E-state index contributed by atoms with van der Waals surface area (Å²) < 4.78 is 5.84. The molecule has 0 aromatic heterocycles. The minimum absolute atomic E-state index is 0.529. The lowest BCUT2D eigenvalue weighted by Gasteiger charge is -2.39. The van der Waals surface area contributed by atoms with Crippen molar-refractivity contribution in [2.24, 2.45) is 0 Å². The fraction of sp³-hybridized carbons (Fsp3) is 1.00. The first kappa shape index (κ1) is 11.0. The summed E-state index contributed by atoms with van der Waals surface area (Å²) in [5.41, 5.74) is 0. The van der Waals surface area contributed by atoms with Crippen LogP contribution < -0.4 is 0 Å². The summed E-state index contributed by atoms with van der Waals surface area (Å²) in [5, 5.41) is 0. The van der Waals surface area contributed by atoms with Gasteiger partial charge in [-0.3, -0.25) is 9.80 Å². The Morgan fingerprint density at radius 2 is 2.00 bits per heavy atom. The quantitative estimate of drug-likeness (QED) is 0.704. The molecule has 3 aliphatic heterocycles. The van der Waals surface area contributed by atoms with Gasteiger partial charge in [0.1, 0.15) is 0 Å². The molecule has 3 aliphatic rings. The molecule has 3 fully saturated rings. The van der Waals surface area contributed by atoms with E-state index in [0.29, 0.717) is 6.10 Å². The Hall–Kier alpha value is -0.120. The highest BCUT2D eigenvalue weighted by Gasteiger charge is 2.31. The van der Waals surface area contributed by atoms with E-state index in [9.17, 15) is 0 Å². The van der Waals surface area contributed by atoms with Gasteiger partial charge in [-0.1, -0.05) is 0 Å². The molecular formula is C13H24N2O. The van der Waals surface area contributed by atoms with E-state index < -0.39 is 0 Å². The van der Waals surface area contributed by atoms with E-state index in [1.165, 1.54) is 64.8 Å². The molecule has 2 atom stereocenters. The molecule has 0 amide bonds. The van der Waals surface area contributed by atoms with E-state index in [1.807, 2.05) is 0 Å². The van der Waals surface area contributed by atoms with Crippen LogP contribution in [0.1, 0.15) is 32.1 Å². The van der Waals surface area contributed by atoms with Crippen molar-refractivity contribution in [1.82, 2.24) is 9.80 Å². The predicted molar refractivity (Wildman–Crippen MR) is 64.6 cm³/mol. The van der Waals surface area contributed by atoms with Crippen molar-refractivity contribution < 1.29 is 4.74 Å². The molecule has 3 heterocycles. The molecule has 3 saturated heterocycles. The van der Waals surface area contributed by atoms with Crippen LogP contribution >= 0.6 is 0 Å². The number of nitrogens with zero attached hydrogens (tertiary/aromatic N) is 2. The maximum atomic E-state index is 5.84. The molecule has 0 N–H and O–H groups in total. The van der Waals surface area contributed by atoms with Gasteiger partial charge in [-0.25, -0.2) is 0 Å². The highest BCUT2D eigenvalue weighted by atomic mass is 16.5. The second kappa shape index (κ2) is 5.03. The molecule has 0 radical (unpaired) electrons. The van der Waals surface area contributed by atoms with Gasteiger partial charge in [0.2, 0.25) is 0 Å². The van der Waals surface area contributed by atoms with Gasteiger partial charge in [0.15, 0.2) is 0 Å². The summed E-state index contributed by atoms with van der Waals surface area (Å²) in [6.45, 7) is 7.37. The lowest BCUT2D eigenvalue weighted by Crippen LogP contribution is -2.52. The molecule has 0 bridgehead atoms. The Kier molecular flexibility index (Phi) is 3.46. The monoisotopic (exact) mass is 224 g/mol. The molecule has 0 aromatic carbocycles. The zero-order valence-electron chi connectivity index (χ0n) is 10.2. The predicted octanol–water partition coefficient (Wildman–Crippen LogP) is 1.34. The third-order valence-electron chi connectivity index (χ3n) is 4.41. The summed E-state index contributed by atoms with van der Waals surface area (Å²) in [4.78, 5) is 5.32. The minimum Gasteiger partial charge on any atom is -0.377 e. The van der Waals surface area contributed by atoms with E-state index >= 15 is 0 Å². The molecule has 92 valence electrons. The fourth-order valence-corrected chi connectivity index (χ4v) is 3.46. The van der Waals surface area contributed by atoms with Gasteiger partial charge in [0, 0.05) is 38.8 Å². The van der Waals surface area contributed by atoms with Crippen LogP contribution in [0.25, 0.3) is 0 Å². The number of ether oxygens (including phenoxy) is 1. The molecule has 2 unspecified atom stereocenters. The van der Waals surface area contributed by atoms with Crippen LogP contribution in [0.15, 0.2) is 0 Å². The maximum Gasteiger partial charge on any atom is 0.0702 e. The molecular weight excluding hydrogens is 200 g/mol. The Morgan fingerprint density at radius 1 is 1.00 bits per heavy atom. The average molecular weight is 224 g/mol. The van der Waals surface area contributed by atoms with Crippen LogP contribution in [0.4, 0.5) is 0 Å². The normalized spacial score (nSPS) is 37.5. The van der Waals surface area contributed by atoms with Crippen molar-refractivity contribution in [3.8, 4) is 0 Å². The molecule has 0 aliphatic carbocycles. The van der Waals surface area contributed by atoms with Gasteiger partial charge in [-0.2, -0.15) is 0 Å². The minimum atomic E-state index is 0.529. The highest BCUT2D eigenvalue weighted by molar-refractivity contribution is 4.87. The van der Waals surface area contributed by atoms with Crippen LogP contribution in [0.2, 0.25) is 0 Å². The Labute approximate surface area is 98.7 Å². The average Bonchev–Trinajstić information content (AvgIpc) is 2.77. The first-order chi connectivity index (χ1) is 7.92. The largest absolute Gasteiger partial charge is 0.377 e. The van der Waals surface area contributed by atoms with E-state index in [4.69, 9.17) is 4.74 Å². The number of rotatable bonds is 2. The fourth-order valence-electron chi connectivity index (χ4n) is 3.46. The van der Waals surface area contributed by atoms with Crippen LogP contribution in [-0.4, -0.2) is 61.3 Å². The molecule has 0 spiro atoms.